The Balaban J connectivity index is 1.43. The summed E-state index contributed by atoms with van der Waals surface area (Å²) in [6.45, 7) is 3.61. The molecule has 0 radical (unpaired) electrons. The quantitative estimate of drug-likeness (QED) is 0.762. The maximum absolute atomic E-state index is 9.33. The van der Waals surface area contributed by atoms with E-state index in [-0.39, 0.29) is 6.61 Å². The molecule has 1 aliphatic rings. The number of rotatable bonds is 8. The van der Waals surface area contributed by atoms with Crippen molar-refractivity contribution in [3.63, 3.8) is 0 Å². The second-order valence-electron chi connectivity index (χ2n) is 5.95. The van der Waals surface area contributed by atoms with Crippen LogP contribution < -0.4 is 4.74 Å². The summed E-state index contributed by atoms with van der Waals surface area (Å²) < 4.78 is 7.70. The van der Waals surface area contributed by atoms with Gasteiger partial charge < -0.3 is 9.84 Å². The van der Waals surface area contributed by atoms with Crippen molar-refractivity contribution in [3.8, 4) is 5.75 Å². The fourth-order valence-corrected chi connectivity index (χ4v) is 2.63. The van der Waals surface area contributed by atoms with E-state index in [9.17, 15) is 5.11 Å². The Bertz CT molecular complexity index is 603. The Morgan fingerprint density at radius 3 is 2.68 bits per heavy atom. The number of aliphatic hydroxyl groups excluding tert-OH is 1. The topological polar surface area (TPSA) is 60.2 Å². The summed E-state index contributed by atoms with van der Waals surface area (Å²) in [6, 6.07) is 8.13. The number of aryl methyl sites for hydroxylation is 2. The Labute approximate surface area is 130 Å². The first-order chi connectivity index (χ1) is 10.8. The van der Waals surface area contributed by atoms with Crippen LogP contribution in [-0.2, 0) is 13.2 Å². The van der Waals surface area contributed by atoms with E-state index in [0.717, 1.165) is 36.5 Å². The zero-order chi connectivity index (χ0) is 15.4. The van der Waals surface area contributed by atoms with Gasteiger partial charge in [0.25, 0.3) is 0 Å². The van der Waals surface area contributed by atoms with E-state index < -0.39 is 0 Å². The zero-order valence-corrected chi connectivity index (χ0v) is 13.0. The van der Waals surface area contributed by atoms with E-state index >= 15 is 0 Å². The fraction of sp³-hybridized carbons (Fsp3) is 0.529. The molecule has 1 aliphatic carbocycles. The minimum Gasteiger partial charge on any atom is -0.494 e. The van der Waals surface area contributed by atoms with Crippen molar-refractivity contribution in [2.24, 2.45) is 0 Å². The van der Waals surface area contributed by atoms with Gasteiger partial charge in [0.05, 0.1) is 18.9 Å². The lowest BCUT2D eigenvalue weighted by molar-refractivity contribution is 0.275. The standard InChI is InChI=1S/C17H23N3O2/c1-13-4-8-15(9-5-13)22-11-3-2-10-20-17(14-6-7-14)16(12-21)18-19-20/h4-5,8-9,14,21H,2-3,6-7,10-12H2,1H3. The number of aliphatic hydroxyl groups is 1. The van der Waals surface area contributed by atoms with Crippen molar-refractivity contribution < 1.29 is 9.84 Å². The predicted octanol–water partition coefficient (Wildman–Crippen LogP) is 2.82. The van der Waals surface area contributed by atoms with Crippen LogP contribution in [-0.4, -0.2) is 26.7 Å². The second-order valence-corrected chi connectivity index (χ2v) is 5.95. The van der Waals surface area contributed by atoms with Gasteiger partial charge in [0.2, 0.25) is 0 Å². The van der Waals surface area contributed by atoms with Crippen LogP contribution in [0.2, 0.25) is 0 Å². The van der Waals surface area contributed by atoms with Crippen molar-refractivity contribution in [2.45, 2.75) is 51.7 Å². The predicted molar refractivity (Wildman–Crippen MR) is 83.8 cm³/mol. The molecule has 0 unspecified atom stereocenters. The minimum absolute atomic E-state index is 0.0115. The molecule has 3 rings (SSSR count). The highest BCUT2D eigenvalue weighted by molar-refractivity contribution is 5.26. The van der Waals surface area contributed by atoms with E-state index in [0.29, 0.717) is 12.5 Å². The summed E-state index contributed by atoms with van der Waals surface area (Å²) >= 11 is 0. The number of ether oxygens (including phenoxy) is 1. The van der Waals surface area contributed by atoms with Crippen LogP contribution in [0, 0.1) is 6.92 Å². The second kappa shape index (κ2) is 6.92. The smallest absolute Gasteiger partial charge is 0.119 e. The number of hydrogen-bond acceptors (Lipinski definition) is 4. The van der Waals surface area contributed by atoms with E-state index in [1.807, 2.05) is 16.8 Å². The molecule has 2 aromatic rings. The molecule has 1 N–H and O–H groups in total. The SMILES string of the molecule is Cc1ccc(OCCCCn2nnc(CO)c2C2CC2)cc1. The Morgan fingerprint density at radius 1 is 1.23 bits per heavy atom. The van der Waals surface area contributed by atoms with Gasteiger partial charge in [-0.2, -0.15) is 0 Å². The molecule has 1 aromatic carbocycles. The normalized spacial score (nSPS) is 14.3. The van der Waals surface area contributed by atoms with E-state index in [4.69, 9.17) is 4.74 Å². The monoisotopic (exact) mass is 301 g/mol. The van der Waals surface area contributed by atoms with Crippen LogP contribution in [0.15, 0.2) is 24.3 Å². The molecule has 0 spiro atoms. The molecule has 5 nitrogen and oxygen atoms in total. The van der Waals surface area contributed by atoms with Gasteiger partial charge >= 0.3 is 0 Å². The fourth-order valence-electron chi connectivity index (χ4n) is 2.63. The first kappa shape index (κ1) is 15.0. The van der Waals surface area contributed by atoms with Gasteiger partial charge in [0.15, 0.2) is 0 Å². The van der Waals surface area contributed by atoms with Gasteiger partial charge in [-0.25, -0.2) is 4.68 Å². The molecule has 1 fully saturated rings. The van der Waals surface area contributed by atoms with Crippen molar-refractivity contribution in [3.05, 3.63) is 41.2 Å². The largest absolute Gasteiger partial charge is 0.494 e. The lowest BCUT2D eigenvalue weighted by atomic mass is 10.2. The average molecular weight is 301 g/mol. The van der Waals surface area contributed by atoms with Gasteiger partial charge in [-0.05, 0) is 44.7 Å². The molecule has 0 saturated heterocycles. The third kappa shape index (κ3) is 3.65. The number of unbranched alkanes of at least 4 members (excludes halogenated alkanes) is 1. The maximum Gasteiger partial charge on any atom is 0.119 e. The third-order valence-electron chi connectivity index (χ3n) is 4.01. The first-order valence-electron chi connectivity index (χ1n) is 8.00. The lowest BCUT2D eigenvalue weighted by Crippen LogP contribution is -2.07. The molecule has 1 heterocycles. The summed E-state index contributed by atoms with van der Waals surface area (Å²) in [6.07, 6.45) is 4.36. The molecule has 118 valence electrons. The van der Waals surface area contributed by atoms with Crippen molar-refractivity contribution >= 4 is 0 Å². The molecule has 1 aromatic heterocycles. The molecule has 0 aliphatic heterocycles. The highest BCUT2D eigenvalue weighted by Crippen LogP contribution is 2.41. The number of benzene rings is 1. The van der Waals surface area contributed by atoms with Gasteiger partial charge in [0.1, 0.15) is 11.4 Å². The molecular formula is C17H23N3O2. The molecule has 1 saturated carbocycles. The van der Waals surface area contributed by atoms with Crippen LogP contribution >= 0.6 is 0 Å². The van der Waals surface area contributed by atoms with Crippen LogP contribution in [0.1, 0.15) is 48.6 Å². The first-order valence-corrected chi connectivity index (χ1v) is 8.00. The van der Waals surface area contributed by atoms with E-state index in [1.165, 1.54) is 18.4 Å². The minimum atomic E-state index is -0.0115. The maximum atomic E-state index is 9.33. The van der Waals surface area contributed by atoms with Crippen molar-refractivity contribution in [2.75, 3.05) is 6.61 Å². The van der Waals surface area contributed by atoms with Crippen LogP contribution in [0.25, 0.3) is 0 Å². The van der Waals surface area contributed by atoms with Gasteiger partial charge in [-0.15, -0.1) is 5.10 Å². The third-order valence-corrected chi connectivity index (χ3v) is 4.01. The highest BCUT2D eigenvalue weighted by atomic mass is 16.5. The number of hydrogen-bond donors (Lipinski definition) is 1. The summed E-state index contributed by atoms with van der Waals surface area (Å²) in [5.74, 6) is 1.48. The average Bonchev–Trinajstić information content (AvgIpc) is 3.29. The summed E-state index contributed by atoms with van der Waals surface area (Å²) in [4.78, 5) is 0. The number of aromatic nitrogens is 3. The Morgan fingerprint density at radius 2 is 2.00 bits per heavy atom. The van der Waals surface area contributed by atoms with E-state index in [1.54, 1.807) is 0 Å². The van der Waals surface area contributed by atoms with Crippen molar-refractivity contribution in [1.29, 1.82) is 0 Å². The van der Waals surface area contributed by atoms with Gasteiger partial charge in [-0.3, -0.25) is 0 Å². The molecule has 0 amide bonds. The Kier molecular flexibility index (Phi) is 4.73. The summed E-state index contributed by atoms with van der Waals surface area (Å²) in [5, 5.41) is 17.6. The highest BCUT2D eigenvalue weighted by Gasteiger charge is 2.30. The lowest BCUT2D eigenvalue weighted by Gasteiger charge is -2.08. The molecule has 22 heavy (non-hydrogen) atoms. The summed E-state index contributed by atoms with van der Waals surface area (Å²) in [7, 11) is 0. The van der Waals surface area contributed by atoms with Crippen LogP contribution in [0.3, 0.4) is 0 Å². The van der Waals surface area contributed by atoms with Gasteiger partial charge in [0, 0.05) is 12.5 Å². The zero-order valence-electron chi connectivity index (χ0n) is 13.0. The number of nitrogens with zero attached hydrogens (tertiary/aromatic N) is 3. The molecular weight excluding hydrogens is 278 g/mol. The van der Waals surface area contributed by atoms with Gasteiger partial charge in [-0.1, -0.05) is 22.9 Å². The Hall–Kier alpha value is -1.88. The molecule has 0 bridgehead atoms. The summed E-state index contributed by atoms with van der Waals surface area (Å²) in [5.41, 5.74) is 3.13. The van der Waals surface area contributed by atoms with Crippen LogP contribution in [0.5, 0.6) is 5.75 Å². The molecule has 0 atom stereocenters. The molecule has 5 heteroatoms. The van der Waals surface area contributed by atoms with Crippen LogP contribution in [0.4, 0.5) is 0 Å². The van der Waals surface area contributed by atoms with Crippen molar-refractivity contribution in [1.82, 2.24) is 15.0 Å². The van der Waals surface area contributed by atoms with E-state index in [2.05, 4.69) is 29.4 Å².